The molecule has 1 N–H and O–H groups in total. The van der Waals surface area contributed by atoms with Gasteiger partial charge in [0.15, 0.2) is 11.5 Å². The smallest absolute Gasteiger partial charge is 0.165 e. The van der Waals surface area contributed by atoms with E-state index >= 15 is 0 Å². The number of piperidine rings is 1. The van der Waals surface area contributed by atoms with E-state index in [4.69, 9.17) is 9.47 Å². The molecule has 3 rings (SSSR count). The highest BCUT2D eigenvalue weighted by Gasteiger charge is 2.32. The Kier molecular flexibility index (Phi) is 2.94. The number of benzene rings is 1. The third-order valence-corrected chi connectivity index (χ3v) is 3.63. The van der Waals surface area contributed by atoms with Crippen LogP contribution in [0.25, 0.3) is 0 Å². The Morgan fingerprint density at radius 1 is 1.28 bits per heavy atom. The van der Waals surface area contributed by atoms with Crippen molar-refractivity contribution in [3.05, 3.63) is 23.8 Å². The van der Waals surface area contributed by atoms with Crippen molar-refractivity contribution < 1.29 is 9.47 Å². The number of ether oxygens (including phenoxy) is 2. The van der Waals surface area contributed by atoms with Crippen LogP contribution in [0.3, 0.4) is 0 Å². The summed E-state index contributed by atoms with van der Waals surface area (Å²) in [6.45, 7) is 6.35. The van der Waals surface area contributed by atoms with Gasteiger partial charge in [-0.3, -0.25) is 0 Å². The van der Waals surface area contributed by atoms with E-state index in [9.17, 15) is 0 Å². The van der Waals surface area contributed by atoms with Crippen LogP contribution in [-0.4, -0.2) is 24.8 Å². The molecule has 0 aliphatic carbocycles. The Morgan fingerprint density at radius 2 is 2.06 bits per heavy atom. The molecular formula is C15H21NO2. The first-order valence-electron chi connectivity index (χ1n) is 6.82. The van der Waals surface area contributed by atoms with E-state index in [-0.39, 0.29) is 5.60 Å². The highest BCUT2D eigenvalue weighted by molar-refractivity contribution is 5.50. The van der Waals surface area contributed by atoms with Gasteiger partial charge in [0, 0.05) is 12.0 Å². The molecule has 0 atom stereocenters. The maximum Gasteiger partial charge on any atom is 0.165 e. The Hall–Kier alpha value is -1.22. The summed E-state index contributed by atoms with van der Waals surface area (Å²) in [6, 6.07) is 6.24. The van der Waals surface area contributed by atoms with E-state index < -0.39 is 0 Å². The van der Waals surface area contributed by atoms with Crippen molar-refractivity contribution in [1.82, 2.24) is 5.32 Å². The van der Waals surface area contributed by atoms with Gasteiger partial charge in [-0.2, -0.15) is 0 Å². The Balaban J connectivity index is 1.79. The molecule has 0 spiro atoms. The topological polar surface area (TPSA) is 30.5 Å². The SMILES string of the molecule is CC1(C)Cc2cccc(OC3CCNCC3)c2O1. The van der Waals surface area contributed by atoms with Gasteiger partial charge in [0.1, 0.15) is 11.7 Å². The van der Waals surface area contributed by atoms with E-state index in [2.05, 4.69) is 31.3 Å². The molecule has 1 saturated heterocycles. The number of nitrogens with one attached hydrogen (secondary N) is 1. The maximum absolute atomic E-state index is 6.13. The van der Waals surface area contributed by atoms with Crippen molar-refractivity contribution in [2.24, 2.45) is 0 Å². The highest BCUT2D eigenvalue weighted by Crippen LogP contribution is 2.42. The van der Waals surface area contributed by atoms with Crippen LogP contribution in [0.2, 0.25) is 0 Å². The molecule has 2 aliphatic heterocycles. The zero-order chi connectivity index (χ0) is 12.6. The molecule has 3 nitrogen and oxygen atoms in total. The zero-order valence-corrected chi connectivity index (χ0v) is 11.2. The van der Waals surface area contributed by atoms with Crippen molar-refractivity contribution in [2.75, 3.05) is 13.1 Å². The summed E-state index contributed by atoms with van der Waals surface area (Å²) in [5, 5.41) is 3.35. The molecular weight excluding hydrogens is 226 g/mol. The second kappa shape index (κ2) is 4.47. The maximum atomic E-state index is 6.13. The average Bonchev–Trinajstić information content (AvgIpc) is 2.66. The minimum absolute atomic E-state index is 0.101. The van der Waals surface area contributed by atoms with Crippen LogP contribution in [0.5, 0.6) is 11.5 Å². The first kappa shape index (κ1) is 11.8. The first-order valence-corrected chi connectivity index (χ1v) is 6.82. The summed E-state index contributed by atoms with van der Waals surface area (Å²) >= 11 is 0. The molecule has 98 valence electrons. The third kappa shape index (κ3) is 2.32. The van der Waals surface area contributed by atoms with E-state index in [0.29, 0.717) is 6.10 Å². The number of para-hydroxylation sites is 1. The van der Waals surface area contributed by atoms with Gasteiger partial charge in [-0.15, -0.1) is 0 Å². The lowest BCUT2D eigenvalue weighted by atomic mass is 10.0. The Bertz CT molecular complexity index is 436. The van der Waals surface area contributed by atoms with Crippen molar-refractivity contribution >= 4 is 0 Å². The van der Waals surface area contributed by atoms with E-state index in [1.807, 2.05) is 6.07 Å². The average molecular weight is 247 g/mol. The van der Waals surface area contributed by atoms with Crippen LogP contribution in [0.15, 0.2) is 18.2 Å². The van der Waals surface area contributed by atoms with Crippen molar-refractivity contribution in [2.45, 2.75) is 44.8 Å². The molecule has 1 aromatic carbocycles. The zero-order valence-electron chi connectivity index (χ0n) is 11.2. The summed E-state index contributed by atoms with van der Waals surface area (Å²) in [6.07, 6.45) is 3.44. The molecule has 0 saturated carbocycles. The molecule has 1 aromatic rings. The van der Waals surface area contributed by atoms with Gasteiger partial charge in [-0.1, -0.05) is 12.1 Å². The minimum atomic E-state index is -0.101. The summed E-state index contributed by atoms with van der Waals surface area (Å²) < 4.78 is 12.2. The van der Waals surface area contributed by atoms with Crippen LogP contribution in [-0.2, 0) is 6.42 Å². The fraction of sp³-hybridized carbons (Fsp3) is 0.600. The van der Waals surface area contributed by atoms with Crippen molar-refractivity contribution in [3.63, 3.8) is 0 Å². The minimum Gasteiger partial charge on any atom is -0.486 e. The van der Waals surface area contributed by atoms with Gasteiger partial charge in [0.25, 0.3) is 0 Å². The van der Waals surface area contributed by atoms with Gasteiger partial charge < -0.3 is 14.8 Å². The van der Waals surface area contributed by atoms with Crippen LogP contribution in [0.4, 0.5) is 0 Å². The van der Waals surface area contributed by atoms with E-state index in [1.54, 1.807) is 0 Å². The lowest BCUT2D eigenvalue weighted by molar-refractivity contribution is 0.118. The van der Waals surface area contributed by atoms with Crippen LogP contribution in [0, 0.1) is 0 Å². The van der Waals surface area contributed by atoms with Crippen molar-refractivity contribution in [3.8, 4) is 11.5 Å². The Morgan fingerprint density at radius 3 is 2.83 bits per heavy atom. The quantitative estimate of drug-likeness (QED) is 0.871. The molecule has 0 aromatic heterocycles. The van der Waals surface area contributed by atoms with Gasteiger partial charge in [-0.05, 0) is 45.8 Å². The summed E-state index contributed by atoms with van der Waals surface area (Å²) in [5.41, 5.74) is 1.17. The summed E-state index contributed by atoms with van der Waals surface area (Å²) in [4.78, 5) is 0. The highest BCUT2D eigenvalue weighted by atomic mass is 16.5. The molecule has 1 fully saturated rings. The molecule has 18 heavy (non-hydrogen) atoms. The molecule has 2 aliphatic rings. The van der Waals surface area contributed by atoms with Gasteiger partial charge in [-0.25, -0.2) is 0 Å². The van der Waals surface area contributed by atoms with E-state index in [0.717, 1.165) is 43.9 Å². The summed E-state index contributed by atoms with van der Waals surface area (Å²) in [5.74, 6) is 1.88. The standard InChI is InChI=1S/C15H21NO2/c1-15(2)10-11-4-3-5-13(14(11)18-15)17-12-6-8-16-9-7-12/h3-5,12,16H,6-10H2,1-2H3. The molecule has 0 unspecified atom stereocenters. The monoisotopic (exact) mass is 247 g/mol. The van der Waals surface area contributed by atoms with Crippen LogP contribution < -0.4 is 14.8 Å². The van der Waals surface area contributed by atoms with Crippen LogP contribution in [0.1, 0.15) is 32.3 Å². The fourth-order valence-electron chi connectivity index (χ4n) is 2.77. The summed E-state index contributed by atoms with van der Waals surface area (Å²) in [7, 11) is 0. The third-order valence-electron chi connectivity index (χ3n) is 3.63. The second-order valence-electron chi connectivity index (χ2n) is 5.85. The largest absolute Gasteiger partial charge is 0.486 e. The molecule has 2 heterocycles. The first-order chi connectivity index (χ1) is 8.64. The van der Waals surface area contributed by atoms with Gasteiger partial charge in [0.05, 0.1) is 0 Å². The second-order valence-corrected chi connectivity index (χ2v) is 5.85. The molecule has 0 bridgehead atoms. The molecule has 0 radical (unpaired) electrons. The van der Waals surface area contributed by atoms with Gasteiger partial charge in [0.2, 0.25) is 0 Å². The lowest BCUT2D eigenvalue weighted by Crippen LogP contribution is -2.34. The van der Waals surface area contributed by atoms with E-state index in [1.165, 1.54) is 5.56 Å². The number of hydrogen-bond donors (Lipinski definition) is 1. The van der Waals surface area contributed by atoms with Crippen LogP contribution >= 0.6 is 0 Å². The number of rotatable bonds is 2. The normalized spacial score (nSPS) is 22.3. The lowest BCUT2D eigenvalue weighted by Gasteiger charge is -2.25. The number of hydrogen-bond acceptors (Lipinski definition) is 3. The van der Waals surface area contributed by atoms with Gasteiger partial charge >= 0.3 is 0 Å². The molecule has 0 amide bonds. The number of fused-ring (bicyclic) bond motifs is 1. The predicted molar refractivity (Wildman–Crippen MR) is 71.4 cm³/mol. The predicted octanol–water partition coefficient (Wildman–Crippen LogP) is 2.53. The fourth-order valence-corrected chi connectivity index (χ4v) is 2.77. The van der Waals surface area contributed by atoms with Crippen molar-refractivity contribution in [1.29, 1.82) is 0 Å². The molecule has 3 heteroatoms. The Labute approximate surface area is 108 Å².